The van der Waals surface area contributed by atoms with Gasteiger partial charge in [0.25, 0.3) is 0 Å². The molecule has 1 N–H and O–H groups in total. The second kappa shape index (κ2) is 7.40. The van der Waals surface area contributed by atoms with Gasteiger partial charge < -0.3 is 14.8 Å². The van der Waals surface area contributed by atoms with Crippen molar-refractivity contribution in [3.8, 4) is 0 Å². The molecule has 4 atom stereocenters. The van der Waals surface area contributed by atoms with Crippen LogP contribution in [0, 0.1) is 5.41 Å². The third kappa shape index (κ3) is 3.79. The van der Waals surface area contributed by atoms with Crippen molar-refractivity contribution in [3.63, 3.8) is 0 Å². The van der Waals surface area contributed by atoms with Crippen LogP contribution in [0.15, 0.2) is 0 Å². The van der Waals surface area contributed by atoms with Gasteiger partial charge in [0.2, 0.25) is 0 Å². The summed E-state index contributed by atoms with van der Waals surface area (Å²) in [5.41, 5.74) is 0.367. The molecule has 2 aliphatic rings. The second-order valence-electron chi connectivity index (χ2n) is 7.38. The Bertz CT molecular complexity index is 310. The molecule has 1 heterocycles. The van der Waals surface area contributed by atoms with Crippen LogP contribution in [0.5, 0.6) is 0 Å². The first kappa shape index (κ1) is 17.2. The third-order valence-corrected chi connectivity index (χ3v) is 5.48. The maximum atomic E-state index is 5.62. The number of ether oxygens (including phenoxy) is 2. The first-order valence-corrected chi connectivity index (χ1v) is 8.56. The number of nitrogens with zero attached hydrogens (tertiary/aromatic N) is 1. The van der Waals surface area contributed by atoms with Gasteiger partial charge in [-0.25, -0.2) is 0 Å². The van der Waals surface area contributed by atoms with Crippen LogP contribution >= 0.6 is 0 Å². The topological polar surface area (TPSA) is 33.7 Å². The van der Waals surface area contributed by atoms with Gasteiger partial charge in [-0.05, 0) is 31.2 Å². The molecule has 0 aromatic carbocycles. The number of likely N-dealkylation sites (tertiary alicyclic amines) is 1. The van der Waals surface area contributed by atoms with Gasteiger partial charge in [-0.15, -0.1) is 0 Å². The van der Waals surface area contributed by atoms with Gasteiger partial charge in [0.15, 0.2) is 0 Å². The fourth-order valence-corrected chi connectivity index (χ4v) is 4.21. The molecule has 0 aromatic heterocycles. The van der Waals surface area contributed by atoms with Crippen LogP contribution in [0.25, 0.3) is 0 Å². The highest BCUT2D eigenvalue weighted by Gasteiger charge is 2.45. The summed E-state index contributed by atoms with van der Waals surface area (Å²) in [5, 5.41) is 3.83. The maximum Gasteiger partial charge on any atom is 0.0971 e. The lowest BCUT2D eigenvalue weighted by Crippen LogP contribution is -2.58. The molecule has 2 rings (SSSR count). The Labute approximate surface area is 130 Å². The van der Waals surface area contributed by atoms with Gasteiger partial charge in [0, 0.05) is 39.4 Å². The standard InChI is InChI=1S/C17H34N2O2/c1-6-10-18-16-13(8-7-9-17(16,2)3)19-11-14(20-4)15(12-19)21-5/h13-16,18H,6-12H2,1-5H3. The van der Waals surface area contributed by atoms with E-state index in [1.165, 1.54) is 25.7 Å². The molecule has 4 nitrogen and oxygen atoms in total. The monoisotopic (exact) mass is 298 g/mol. The zero-order chi connectivity index (χ0) is 15.5. The smallest absolute Gasteiger partial charge is 0.0971 e. The molecule has 4 heteroatoms. The van der Waals surface area contributed by atoms with Crippen molar-refractivity contribution >= 4 is 0 Å². The number of rotatable bonds is 6. The van der Waals surface area contributed by atoms with E-state index in [1.54, 1.807) is 14.2 Å². The fraction of sp³-hybridized carbons (Fsp3) is 1.00. The molecule has 1 saturated carbocycles. The molecular weight excluding hydrogens is 264 g/mol. The van der Waals surface area contributed by atoms with Gasteiger partial charge in [-0.3, -0.25) is 4.90 Å². The van der Waals surface area contributed by atoms with E-state index in [-0.39, 0.29) is 12.2 Å². The number of hydrogen-bond donors (Lipinski definition) is 1. The summed E-state index contributed by atoms with van der Waals surface area (Å²) in [4.78, 5) is 2.61. The predicted molar refractivity (Wildman–Crippen MR) is 86.7 cm³/mol. The minimum absolute atomic E-state index is 0.215. The van der Waals surface area contributed by atoms with E-state index in [9.17, 15) is 0 Å². The minimum Gasteiger partial charge on any atom is -0.377 e. The van der Waals surface area contributed by atoms with E-state index >= 15 is 0 Å². The molecule has 0 aromatic rings. The molecule has 1 aliphatic carbocycles. The molecule has 0 amide bonds. The first-order chi connectivity index (χ1) is 10.0. The average Bonchev–Trinajstić information content (AvgIpc) is 2.88. The fourth-order valence-electron chi connectivity index (χ4n) is 4.21. The van der Waals surface area contributed by atoms with Crippen molar-refractivity contribution < 1.29 is 9.47 Å². The molecule has 1 saturated heterocycles. The molecule has 124 valence electrons. The molecule has 4 unspecified atom stereocenters. The Morgan fingerprint density at radius 3 is 2.29 bits per heavy atom. The Hall–Kier alpha value is -0.160. The summed E-state index contributed by atoms with van der Waals surface area (Å²) >= 11 is 0. The lowest BCUT2D eigenvalue weighted by Gasteiger charge is -2.48. The first-order valence-electron chi connectivity index (χ1n) is 8.56. The average molecular weight is 298 g/mol. The number of hydrogen-bond acceptors (Lipinski definition) is 4. The van der Waals surface area contributed by atoms with Crippen LogP contribution in [0.1, 0.15) is 46.5 Å². The SMILES string of the molecule is CCCNC1C(N2CC(OC)C(OC)C2)CCCC1(C)C. The van der Waals surface area contributed by atoms with Crippen molar-refractivity contribution in [2.75, 3.05) is 33.9 Å². The number of nitrogens with one attached hydrogen (secondary N) is 1. The van der Waals surface area contributed by atoms with Gasteiger partial charge in [-0.1, -0.05) is 27.2 Å². The summed E-state index contributed by atoms with van der Waals surface area (Å²) in [6.45, 7) is 10.2. The summed E-state index contributed by atoms with van der Waals surface area (Å²) in [6, 6.07) is 1.18. The normalized spacial score (nSPS) is 37.0. The predicted octanol–water partition coefficient (Wildman–Crippen LogP) is 2.28. The van der Waals surface area contributed by atoms with Crippen molar-refractivity contribution in [1.82, 2.24) is 10.2 Å². The maximum absolute atomic E-state index is 5.62. The van der Waals surface area contributed by atoms with E-state index in [2.05, 4.69) is 31.0 Å². The Morgan fingerprint density at radius 2 is 1.76 bits per heavy atom. The van der Waals surface area contributed by atoms with Gasteiger partial charge in [0.1, 0.15) is 0 Å². The molecular formula is C17H34N2O2. The molecule has 1 aliphatic heterocycles. The van der Waals surface area contributed by atoms with Gasteiger partial charge in [0.05, 0.1) is 12.2 Å². The van der Waals surface area contributed by atoms with E-state index < -0.39 is 0 Å². The lowest BCUT2D eigenvalue weighted by molar-refractivity contribution is -0.00461. The van der Waals surface area contributed by atoms with Crippen molar-refractivity contribution in [2.24, 2.45) is 5.41 Å². The molecule has 2 fully saturated rings. The van der Waals surface area contributed by atoms with Crippen LogP contribution in [0.4, 0.5) is 0 Å². The van der Waals surface area contributed by atoms with Crippen LogP contribution in [-0.4, -0.2) is 63.0 Å². The van der Waals surface area contributed by atoms with E-state index in [0.717, 1.165) is 19.6 Å². The van der Waals surface area contributed by atoms with Crippen LogP contribution in [0.2, 0.25) is 0 Å². The van der Waals surface area contributed by atoms with Crippen molar-refractivity contribution in [2.45, 2.75) is 70.7 Å². The largest absolute Gasteiger partial charge is 0.377 e. The highest BCUT2D eigenvalue weighted by molar-refractivity contribution is 5.01. The van der Waals surface area contributed by atoms with Crippen molar-refractivity contribution in [1.29, 1.82) is 0 Å². The summed E-state index contributed by atoms with van der Waals surface area (Å²) in [6.07, 6.45) is 5.56. The molecule has 0 bridgehead atoms. The van der Waals surface area contributed by atoms with E-state index in [4.69, 9.17) is 9.47 Å². The minimum atomic E-state index is 0.215. The Kier molecular flexibility index (Phi) is 6.06. The summed E-state index contributed by atoms with van der Waals surface area (Å²) in [7, 11) is 3.61. The molecule has 21 heavy (non-hydrogen) atoms. The highest BCUT2D eigenvalue weighted by atomic mass is 16.5. The third-order valence-electron chi connectivity index (χ3n) is 5.48. The van der Waals surface area contributed by atoms with Gasteiger partial charge >= 0.3 is 0 Å². The van der Waals surface area contributed by atoms with Gasteiger partial charge in [-0.2, -0.15) is 0 Å². The second-order valence-corrected chi connectivity index (χ2v) is 7.38. The molecule has 0 radical (unpaired) electrons. The summed E-state index contributed by atoms with van der Waals surface area (Å²) < 4.78 is 11.2. The highest BCUT2D eigenvalue weighted by Crippen LogP contribution is 2.39. The van der Waals surface area contributed by atoms with Crippen molar-refractivity contribution in [3.05, 3.63) is 0 Å². The molecule has 0 spiro atoms. The van der Waals surface area contributed by atoms with Crippen LogP contribution in [-0.2, 0) is 9.47 Å². The zero-order valence-corrected chi connectivity index (χ0v) is 14.5. The summed E-state index contributed by atoms with van der Waals surface area (Å²) in [5.74, 6) is 0. The number of methoxy groups -OCH3 is 2. The van der Waals surface area contributed by atoms with Crippen LogP contribution < -0.4 is 5.32 Å². The Balaban J connectivity index is 2.08. The Morgan fingerprint density at radius 1 is 1.14 bits per heavy atom. The zero-order valence-electron chi connectivity index (χ0n) is 14.5. The van der Waals surface area contributed by atoms with E-state index in [0.29, 0.717) is 17.5 Å². The lowest BCUT2D eigenvalue weighted by atomic mass is 9.70. The quantitative estimate of drug-likeness (QED) is 0.816. The van der Waals surface area contributed by atoms with E-state index in [1.807, 2.05) is 0 Å². The van der Waals surface area contributed by atoms with Crippen LogP contribution in [0.3, 0.4) is 0 Å².